The molecule has 108 valence electrons. The Morgan fingerprint density at radius 2 is 2.00 bits per heavy atom. The summed E-state index contributed by atoms with van der Waals surface area (Å²) in [5.74, 6) is 1.04. The van der Waals surface area contributed by atoms with E-state index in [0.717, 1.165) is 30.0 Å². The molecule has 0 spiro atoms. The van der Waals surface area contributed by atoms with Crippen LogP contribution < -0.4 is 0 Å². The fourth-order valence-electron chi connectivity index (χ4n) is 2.54. The van der Waals surface area contributed by atoms with Gasteiger partial charge in [-0.3, -0.25) is 0 Å². The van der Waals surface area contributed by atoms with Crippen molar-refractivity contribution in [3.8, 4) is 0 Å². The van der Waals surface area contributed by atoms with Gasteiger partial charge in [-0.25, -0.2) is 9.97 Å². The largest absolute Gasteiger partial charge is 0.383 e. The topological polar surface area (TPSA) is 39.9 Å². The van der Waals surface area contributed by atoms with Gasteiger partial charge in [0.1, 0.15) is 11.3 Å². The van der Waals surface area contributed by atoms with Crippen molar-refractivity contribution < 1.29 is 4.74 Å². The number of imidazole rings is 1. The maximum atomic E-state index is 5.22. The molecule has 0 aliphatic rings. The molecule has 3 aromatic rings. The lowest BCUT2D eigenvalue weighted by atomic mass is 10.1. The van der Waals surface area contributed by atoms with E-state index in [1.807, 2.05) is 18.3 Å². The molecule has 0 N–H and O–H groups in total. The third-order valence-corrected chi connectivity index (χ3v) is 3.71. The molecule has 2 aromatic heterocycles. The van der Waals surface area contributed by atoms with Crippen LogP contribution in [0.2, 0.25) is 0 Å². The van der Waals surface area contributed by atoms with E-state index in [4.69, 9.17) is 9.72 Å². The number of aromatic nitrogens is 3. The normalized spacial score (nSPS) is 11.1. The minimum Gasteiger partial charge on any atom is -0.383 e. The summed E-state index contributed by atoms with van der Waals surface area (Å²) in [5, 5.41) is 0. The summed E-state index contributed by atoms with van der Waals surface area (Å²) in [5.41, 5.74) is 4.46. The van der Waals surface area contributed by atoms with Gasteiger partial charge in [0.2, 0.25) is 0 Å². The van der Waals surface area contributed by atoms with E-state index in [0.29, 0.717) is 6.61 Å². The van der Waals surface area contributed by atoms with E-state index >= 15 is 0 Å². The van der Waals surface area contributed by atoms with Crippen LogP contribution in [-0.4, -0.2) is 28.3 Å². The molecule has 0 saturated carbocycles. The van der Waals surface area contributed by atoms with Crippen LogP contribution in [0.1, 0.15) is 17.0 Å². The first-order chi connectivity index (χ1) is 10.3. The van der Waals surface area contributed by atoms with Gasteiger partial charge in [0.15, 0.2) is 5.65 Å². The minimum atomic E-state index is 0.656. The van der Waals surface area contributed by atoms with E-state index in [1.165, 1.54) is 11.1 Å². The number of pyridine rings is 1. The summed E-state index contributed by atoms with van der Waals surface area (Å²) in [6.45, 7) is 3.56. The quantitative estimate of drug-likeness (QED) is 0.722. The first kappa shape index (κ1) is 13.8. The molecule has 0 aliphatic carbocycles. The molecule has 2 heterocycles. The monoisotopic (exact) mass is 281 g/mol. The summed E-state index contributed by atoms with van der Waals surface area (Å²) in [6.07, 6.45) is 2.62. The van der Waals surface area contributed by atoms with Crippen LogP contribution >= 0.6 is 0 Å². The Labute approximate surface area is 124 Å². The van der Waals surface area contributed by atoms with Gasteiger partial charge in [0, 0.05) is 26.3 Å². The Bertz CT molecular complexity index is 749. The number of rotatable bonds is 5. The highest BCUT2D eigenvalue weighted by Crippen LogP contribution is 2.18. The van der Waals surface area contributed by atoms with Gasteiger partial charge in [0.25, 0.3) is 0 Å². The molecule has 4 nitrogen and oxygen atoms in total. The molecule has 0 fully saturated rings. The van der Waals surface area contributed by atoms with Gasteiger partial charge in [-0.2, -0.15) is 0 Å². The lowest BCUT2D eigenvalue weighted by Gasteiger charge is -2.09. The Morgan fingerprint density at radius 1 is 1.14 bits per heavy atom. The highest BCUT2D eigenvalue weighted by atomic mass is 16.5. The predicted octanol–water partition coefficient (Wildman–Crippen LogP) is 2.98. The van der Waals surface area contributed by atoms with Crippen molar-refractivity contribution in [1.29, 1.82) is 0 Å². The van der Waals surface area contributed by atoms with Crippen molar-refractivity contribution >= 4 is 11.2 Å². The van der Waals surface area contributed by atoms with Crippen LogP contribution in [0.3, 0.4) is 0 Å². The third kappa shape index (κ3) is 2.81. The first-order valence-electron chi connectivity index (χ1n) is 7.13. The molecule has 3 rings (SSSR count). The molecular formula is C17H19N3O. The second-order valence-electron chi connectivity index (χ2n) is 5.12. The van der Waals surface area contributed by atoms with Gasteiger partial charge < -0.3 is 9.30 Å². The lowest BCUT2D eigenvalue weighted by molar-refractivity contribution is 0.187. The number of aryl methyl sites for hydroxylation is 1. The van der Waals surface area contributed by atoms with E-state index < -0.39 is 0 Å². The molecule has 4 heteroatoms. The van der Waals surface area contributed by atoms with Gasteiger partial charge in [-0.1, -0.05) is 24.3 Å². The fraction of sp³-hybridized carbons (Fsp3) is 0.294. The maximum Gasteiger partial charge on any atom is 0.160 e. The Balaban J connectivity index is 2.02. The molecule has 0 unspecified atom stereocenters. The smallest absolute Gasteiger partial charge is 0.160 e. The van der Waals surface area contributed by atoms with Gasteiger partial charge in [0.05, 0.1) is 6.61 Å². The maximum absolute atomic E-state index is 5.22. The molecule has 0 radical (unpaired) electrons. The molecule has 0 aliphatic heterocycles. The van der Waals surface area contributed by atoms with Crippen molar-refractivity contribution in [3.63, 3.8) is 0 Å². The molecule has 1 aromatic carbocycles. The van der Waals surface area contributed by atoms with Crippen molar-refractivity contribution in [2.45, 2.75) is 19.9 Å². The lowest BCUT2D eigenvalue weighted by Crippen LogP contribution is -2.09. The summed E-state index contributed by atoms with van der Waals surface area (Å²) in [7, 11) is 1.72. The van der Waals surface area contributed by atoms with Crippen LogP contribution in [0, 0.1) is 6.92 Å². The van der Waals surface area contributed by atoms with Crippen LogP contribution in [0.15, 0.2) is 42.6 Å². The van der Waals surface area contributed by atoms with Crippen molar-refractivity contribution in [2.24, 2.45) is 0 Å². The molecule has 0 saturated heterocycles. The first-order valence-corrected chi connectivity index (χ1v) is 7.13. The van der Waals surface area contributed by atoms with Crippen LogP contribution in [0.4, 0.5) is 0 Å². The predicted molar refractivity (Wildman–Crippen MR) is 83.4 cm³/mol. The zero-order valence-corrected chi connectivity index (χ0v) is 12.4. The highest BCUT2D eigenvalue weighted by molar-refractivity contribution is 5.71. The molecular weight excluding hydrogens is 262 g/mol. The number of methoxy groups -OCH3 is 1. The van der Waals surface area contributed by atoms with Crippen molar-refractivity contribution in [2.75, 3.05) is 13.7 Å². The van der Waals surface area contributed by atoms with Crippen molar-refractivity contribution in [3.05, 3.63) is 59.5 Å². The minimum absolute atomic E-state index is 0.656. The van der Waals surface area contributed by atoms with E-state index in [-0.39, 0.29) is 0 Å². The van der Waals surface area contributed by atoms with Crippen LogP contribution in [0.5, 0.6) is 0 Å². The molecule has 0 atom stereocenters. The SMILES string of the molecule is COCCn1c(Cc2ccccc2C)nc2cccnc21. The number of nitrogens with zero attached hydrogens (tertiary/aromatic N) is 3. The summed E-state index contributed by atoms with van der Waals surface area (Å²) in [6, 6.07) is 12.4. The third-order valence-electron chi connectivity index (χ3n) is 3.71. The molecule has 0 bridgehead atoms. The second-order valence-corrected chi connectivity index (χ2v) is 5.12. The Hall–Kier alpha value is -2.20. The highest BCUT2D eigenvalue weighted by Gasteiger charge is 2.12. The zero-order valence-electron chi connectivity index (χ0n) is 12.4. The Kier molecular flexibility index (Phi) is 3.97. The number of ether oxygens (including phenoxy) is 1. The second kappa shape index (κ2) is 6.06. The zero-order chi connectivity index (χ0) is 14.7. The van der Waals surface area contributed by atoms with E-state index in [1.54, 1.807) is 7.11 Å². The van der Waals surface area contributed by atoms with Crippen LogP contribution in [0.25, 0.3) is 11.2 Å². The van der Waals surface area contributed by atoms with E-state index in [9.17, 15) is 0 Å². The van der Waals surface area contributed by atoms with Gasteiger partial charge in [-0.15, -0.1) is 0 Å². The number of fused-ring (bicyclic) bond motifs is 1. The number of hydrogen-bond donors (Lipinski definition) is 0. The average molecular weight is 281 g/mol. The molecule has 0 amide bonds. The van der Waals surface area contributed by atoms with Gasteiger partial charge in [-0.05, 0) is 30.2 Å². The number of benzene rings is 1. The fourth-order valence-corrected chi connectivity index (χ4v) is 2.54. The average Bonchev–Trinajstić information content (AvgIpc) is 2.85. The standard InChI is InChI=1S/C17H19N3O/c1-13-6-3-4-7-14(13)12-16-19-15-8-5-9-18-17(15)20(16)10-11-21-2/h3-9H,10-12H2,1-2H3. The van der Waals surface area contributed by atoms with Gasteiger partial charge >= 0.3 is 0 Å². The van der Waals surface area contributed by atoms with E-state index in [2.05, 4.69) is 40.7 Å². The number of hydrogen-bond acceptors (Lipinski definition) is 3. The van der Waals surface area contributed by atoms with Crippen LogP contribution in [-0.2, 0) is 17.7 Å². The summed E-state index contributed by atoms with van der Waals surface area (Å²) >= 11 is 0. The van der Waals surface area contributed by atoms with Crippen molar-refractivity contribution in [1.82, 2.24) is 14.5 Å². The summed E-state index contributed by atoms with van der Waals surface area (Å²) in [4.78, 5) is 9.21. The molecule has 21 heavy (non-hydrogen) atoms. The summed E-state index contributed by atoms with van der Waals surface area (Å²) < 4.78 is 7.37. The Morgan fingerprint density at radius 3 is 2.81 bits per heavy atom.